The Morgan fingerprint density at radius 3 is 2.80 bits per heavy atom. The highest BCUT2D eigenvalue weighted by Gasteiger charge is 2.31. The Morgan fingerprint density at radius 2 is 2.20 bits per heavy atom. The third kappa shape index (κ3) is 5.05. The van der Waals surface area contributed by atoms with Gasteiger partial charge in [0.05, 0.1) is 11.0 Å². The van der Waals surface area contributed by atoms with Crippen molar-refractivity contribution in [2.24, 2.45) is 7.05 Å². The van der Waals surface area contributed by atoms with Crippen molar-refractivity contribution in [1.29, 1.82) is 0 Å². The number of β-amino-alcohol motifs (C(OH)–C–C–N with tert-alkyl or cyclic N) is 1. The zero-order valence-electron chi connectivity index (χ0n) is 14.9. The number of hydrogen-bond donors (Lipinski definition) is 2. The molecule has 1 aromatic rings. The molecule has 1 saturated heterocycles. The molecule has 1 aromatic heterocycles. The van der Waals surface area contributed by atoms with Crippen molar-refractivity contribution < 1.29 is 19.6 Å². The summed E-state index contributed by atoms with van der Waals surface area (Å²) >= 11 is 0. The number of aliphatic hydroxyl groups excluding tert-OH is 1. The fraction of sp³-hybridized carbons (Fsp3) is 0.733. The van der Waals surface area contributed by atoms with E-state index < -0.39 is 22.7 Å². The van der Waals surface area contributed by atoms with Gasteiger partial charge in [-0.2, -0.15) is 5.10 Å². The first kappa shape index (κ1) is 19.0. The number of nitrogens with one attached hydrogen (secondary N) is 1. The Hall–Kier alpha value is -2.36. The normalized spacial score (nSPS) is 21.6. The zero-order valence-corrected chi connectivity index (χ0v) is 14.9. The van der Waals surface area contributed by atoms with E-state index in [-0.39, 0.29) is 18.3 Å². The van der Waals surface area contributed by atoms with Crippen LogP contribution in [0.15, 0.2) is 6.20 Å². The monoisotopic (exact) mass is 355 g/mol. The van der Waals surface area contributed by atoms with Gasteiger partial charge >= 0.3 is 11.8 Å². The number of amides is 1. The number of nitrogens with zero attached hydrogens (tertiary/aromatic N) is 4. The van der Waals surface area contributed by atoms with Gasteiger partial charge in [-0.3, -0.25) is 10.1 Å². The van der Waals surface area contributed by atoms with E-state index >= 15 is 0 Å². The maximum Gasteiger partial charge on any atom is 0.407 e. The number of carbonyl (C=O) groups is 1. The number of rotatable bonds is 3. The quantitative estimate of drug-likeness (QED) is 0.616. The lowest BCUT2D eigenvalue weighted by molar-refractivity contribution is -0.384. The zero-order chi connectivity index (χ0) is 18.8. The highest BCUT2D eigenvalue weighted by Crippen LogP contribution is 2.29. The van der Waals surface area contributed by atoms with Crippen LogP contribution in [0.2, 0.25) is 0 Å². The van der Waals surface area contributed by atoms with E-state index in [1.165, 1.54) is 10.9 Å². The highest BCUT2D eigenvalue weighted by atomic mass is 16.6. The molecule has 2 atom stereocenters. The van der Waals surface area contributed by atoms with Crippen LogP contribution < -0.4 is 10.2 Å². The van der Waals surface area contributed by atoms with Crippen molar-refractivity contribution in [3.05, 3.63) is 16.3 Å². The molecule has 0 saturated carbocycles. The number of anilines is 1. The van der Waals surface area contributed by atoms with Crippen LogP contribution in [-0.4, -0.2) is 56.7 Å². The van der Waals surface area contributed by atoms with Crippen LogP contribution >= 0.6 is 0 Å². The van der Waals surface area contributed by atoms with Crippen molar-refractivity contribution in [2.45, 2.75) is 51.4 Å². The molecule has 2 N–H and O–H groups in total. The van der Waals surface area contributed by atoms with Gasteiger partial charge in [0.1, 0.15) is 11.8 Å². The lowest BCUT2D eigenvalue weighted by atomic mass is 10.1. The van der Waals surface area contributed by atoms with Gasteiger partial charge < -0.3 is 20.1 Å². The Balaban J connectivity index is 2.07. The first-order valence-electron chi connectivity index (χ1n) is 8.15. The molecule has 1 fully saturated rings. The molecule has 0 aliphatic carbocycles. The van der Waals surface area contributed by atoms with Crippen molar-refractivity contribution >= 4 is 17.6 Å². The van der Waals surface area contributed by atoms with Crippen LogP contribution in [0.1, 0.15) is 33.6 Å². The predicted octanol–water partition coefficient (Wildman–Crippen LogP) is 1.18. The first-order valence-corrected chi connectivity index (χ1v) is 8.15. The number of alkyl carbamates (subject to hydrolysis) is 1. The molecule has 140 valence electrons. The van der Waals surface area contributed by atoms with Crippen LogP contribution in [0.3, 0.4) is 0 Å². The lowest BCUT2D eigenvalue weighted by Crippen LogP contribution is -2.40. The van der Waals surface area contributed by atoms with Crippen LogP contribution in [-0.2, 0) is 11.8 Å². The molecule has 25 heavy (non-hydrogen) atoms. The van der Waals surface area contributed by atoms with Crippen LogP contribution in [0.4, 0.5) is 16.3 Å². The summed E-state index contributed by atoms with van der Waals surface area (Å²) in [6.07, 6.45) is 0.796. The van der Waals surface area contributed by atoms with Gasteiger partial charge in [0, 0.05) is 26.2 Å². The fourth-order valence-electron chi connectivity index (χ4n) is 2.89. The van der Waals surface area contributed by atoms with E-state index in [9.17, 15) is 20.0 Å². The van der Waals surface area contributed by atoms with E-state index in [2.05, 4.69) is 10.4 Å². The van der Waals surface area contributed by atoms with Crippen molar-refractivity contribution in [1.82, 2.24) is 15.1 Å². The second kappa shape index (κ2) is 7.26. The highest BCUT2D eigenvalue weighted by molar-refractivity contribution is 5.68. The molecule has 2 heterocycles. The molecular formula is C15H25N5O5. The summed E-state index contributed by atoms with van der Waals surface area (Å²) in [4.78, 5) is 24.3. The molecule has 1 aliphatic heterocycles. The van der Waals surface area contributed by atoms with E-state index in [1.54, 1.807) is 32.7 Å². The average molecular weight is 355 g/mol. The molecular weight excluding hydrogens is 330 g/mol. The number of aryl methyl sites for hydroxylation is 1. The van der Waals surface area contributed by atoms with Crippen molar-refractivity contribution in [3.63, 3.8) is 0 Å². The number of ether oxygens (including phenoxy) is 1. The summed E-state index contributed by atoms with van der Waals surface area (Å²) in [6, 6.07) is -0.276. The van der Waals surface area contributed by atoms with E-state index in [0.29, 0.717) is 25.2 Å². The van der Waals surface area contributed by atoms with E-state index in [1.807, 2.05) is 0 Å². The molecule has 2 rings (SSSR count). The summed E-state index contributed by atoms with van der Waals surface area (Å²) in [6.45, 7) is 6.00. The second-order valence-corrected chi connectivity index (χ2v) is 7.20. The maximum absolute atomic E-state index is 11.9. The standard InChI is InChI=1S/C15H25N5O5/c1-15(2,3)25-14(22)17-10-5-6-19(9-11(21)7-10)13-12(20(23)24)8-16-18(13)4/h8,10-11,21H,5-7,9H2,1-4H3,(H,17,22). The van der Waals surface area contributed by atoms with Gasteiger partial charge in [0.15, 0.2) is 0 Å². The molecule has 1 aliphatic rings. The fourth-order valence-corrected chi connectivity index (χ4v) is 2.89. The molecule has 0 spiro atoms. The minimum absolute atomic E-state index is 0.103. The Labute approximate surface area is 145 Å². The van der Waals surface area contributed by atoms with Crippen LogP contribution in [0, 0.1) is 10.1 Å². The molecule has 10 heteroatoms. The molecule has 10 nitrogen and oxygen atoms in total. The van der Waals surface area contributed by atoms with Crippen LogP contribution in [0.5, 0.6) is 0 Å². The molecule has 2 unspecified atom stereocenters. The van der Waals surface area contributed by atoms with Crippen LogP contribution in [0.25, 0.3) is 0 Å². The third-order valence-electron chi connectivity index (χ3n) is 3.84. The number of aromatic nitrogens is 2. The predicted molar refractivity (Wildman–Crippen MR) is 90.5 cm³/mol. The van der Waals surface area contributed by atoms with Crippen molar-refractivity contribution in [2.75, 3.05) is 18.0 Å². The first-order chi connectivity index (χ1) is 11.6. The van der Waals surface area contributed by atoms with E-state index in [4.69, 9.17) is 4.74 Å². The molecule has 0 bridgehead atoms. The Kier molecular flexibility index (Phi) is 5.51. The van der Waals surface area contributed by atoms with E-state index in [0.717, 1.165) is 0 Å². The topological polar surface area (TPSA) is 123 Å². The summed E-state index contributed by atoms with van der Waals surface area (Å²) in [5, 5.41) is 28.1. The third-order valence-corrected chi connectivity index (χ3v) is 3.84. The number of hydrogen-bond acceptors (Lipinski definition) is 7. The van der Waals surface area contributed by atoms with Gasteiger partial charge in [-0.05, 0) is 33.6 Å². The number of nitro groups is 1. The van der Waals surface area contributed by atoms with Gasteiger partial charge in [-0.25, -0.2) is 9.48 Å². The number of carbonyl (C=O) groups excluding carboxylic acids is 1. The minimum atomic E-state index is -0.739. The largest absolute Gasteiger partial charge is 0.444 e. The Morgan fingerprint density at radius 1 is 1.52 bits per heavy atom. The molecule has 1 amide bonds. The smallest absolute Gasteiger partial charge is 0.407 e. The van der Waals surface area contributed by atoms with Gasteiger partial charge in [0.25, 0.3) is 0 Å². The average Bonchev–Trinajstić information content (AvgIpc) is 2.73. The van der Waals surface area contributed by atoms with Crippen molar-refractivity contribution in [3.8, 4) is 0 Å². The summed E-state index contributed by atoms with van der Waals surface area (Å²) in [5.74, 6) is 0.349. The van der Waals surface area contributed by atoms with Gasteiger partial charge in [0.2, 0.25) is 5.82 Å². The second-order valence-electron chi connectivity index (χ2n) is 7.20. The summed E-state index contributed by atoms with van der Waals surface area (Å²) < 4.78 is 6.66. The lowest BCUT2D eigenvalue weighted by Gasteiger charge is -2.23. The molecule has 0 radical (unpaired) electrons. The van der Waals surface area contributed by atoms with Gasteiger partial charge in [-0.1, -0.05) is 0 Å². The minimum Gasteiger partial charge on any atom is -0.444 e. The molecule has 0 aromatic carbocycles. The number of aliphatic hydroxyl groups is 1. The Bertz CT molecular complexity index is 639. The summed E-state index contributed by atoms with van der Waals surface area (Å²) in [7, 11) is 1.62. The maximum atomic E-state index is 11.9. The summed E-state index contributed by atoms with van der Waals surface area (Å²) in [5.41, 5.74) is -0.706. The SMILES string of the molecule is Cn1ncc([N+](=O)[O-])c1N1CCC(NC(=O)OC(C)(C)C)CC(O)C1. The van der Waals surface area contributed by atoms with Gasteiger partial charge in [-0.15, -0.1) is 0 Å².